The largest absolute Gasteiger partial charge is 0.493 e. The third kappa shape index (κ3) is 3.62. The average Bonchev–Trinajstić information content (AvgIpc) is 3.02. The summed E-state index contributed by atoms with van der Waals surface area (Å²) in [4.78, 5) is 9.02. The second-order valence-corrected chi connectivity index (χ2v) is 6.61. The normalized spacial score (nSPS) is 11.3. The number of aromatic nitrogens is 3. The Balaban J connectivity index is 1.85. The number of benzene rings is 2. The SMILES string of the molecule is Cc1nc2c(/C=C(\Cl)c3ccccc3)nc(C#Cc3ccccc3)cn2c1O. The lowest BCUT2D eigenvalue weighted by molar-refractivity contribution is 0.444. The molecular formula is C23H16ClN3O. The molecule has 2 aromatic heterocycles. The highest BCUT2D eigenvalue weighted by Crippen LogP contribution is 2.26. The van der Waals surface area contributed by atoms with Crippen molar-refractivity contribution >= 4 is 28.4 Å². The Kier molecular flexibility index (Phi) is 4.84. The third-order valence-electron chi connectivity index (χ3n) is 4.20. The Hall–Kier alpha value is -3.55. The Morgan fingerprint density at radius 2 is 1.68 bits per heavy atom. The van der Waals surface area contributed by atoms with Crippen LogP contribution in [0.3, 0.4) is 0 Å². The van der Waals surface area contributed by atoms with Gasteiger partial charge in [-0.1, -0.05) is 66.1 Å². The van der Waals surface area contributed by atoms with E-state index in [1.54, 1.807) is 23.6 Å². The summed E-state index contributed by atoms with van der Waals surface area (Å²) in [6, 6.07) is 19.3. The average molecular weight is 386 g/mol. The molecular weight excluding hydrogens is 370 g/mol. The third-order valence-corrected chi connectivity index (χ3v) is 4.52. The quantitative estimate of drug-likeness (QED) is 0.500. The van der Waals surface area contributed by atoms with Gasteiger partial charge < -0.3 is 5.11 Å². The number of aryl methyl sites for hydroxylation is 1. The number of halogens is 1. The van der Waals surface area contributed by atoms with Gasteiger partial charge in [0.1, 0.15) is 17.1 Å². The van der Waals surface area contributed by atoms with E-state index < -0.39 is 0 Å². The maximum absolute atomic E-state index is 10.4. The van der Waals surface area contributed by atoms with E-state index in [9.17, 15) is 5.11 Å². The van der Waals surface area contributed by atoms with Crippen molar-refractivity contribution in [2.75, 3.05) is 0 Å². The zero-order chi connectivity index (χ0) is 19.5. The molecule has 0 spiro atoms. The molecule has 0 aliphatic heterocycles. The molecule has 0 unspecified atom stereocenters. The summed E-state index contributed by atoms with van der Waals surface area (Å²) in [6.07, 6.45) is 3.42. The van der Waals surface area contributed by atoms with Crippen LogP contribution in [0, 0.1) is 18.8 Å². The zero-order valence-electron chi connectivity index (χ0n) is 15.1. The van der Waals surface area contributed by atoms with Crippen molar-refractivity contribution < 1.29 is 5.11 Å². The van der Waals surface area contributed by atoms with Crippen LogP contribution in [0.4, 0.5) is 0 Å². The lowest BCUT2D eigenvalue weighted by Gasteiger charge is -2.03. The molecule has 0 atom stereocenters. The first-order valence-electron chi connectivity index (χ1n) is 8.70. The van der Waals surface area contributed by atoms with Gasteiger partial charge in [0.05, 0.1) is 5.03 Å². The van der Waals surface area contributed by atoms with Crippen molar-refractivity contribution in [3.8, 4) is 17.7 Å². The van der Waals surface area contributed by atoms with Crippen molar-refractivity contribution in [2.45, 2.75) is 6.92 Å². The van der Waals surface area contributed by atoms with E-state index in [-0.39, 0.29) is 5.88 Å². The topological polar surface area (TPSA) is 50.4 Å². The molecule has 0 aliphatic carbocycles. The molecule has 0 fully saturated rings. The fourth-order valence-corrected chi connectivity index (χ4v) is 3.02. The van der Waals surface area contributed by atoms with Gasteiger partial charge in [-0.05, 0) is 36.6 Å². The Morgan fingerprint density at radius 1 is 1.00 bits per heavy atom. The Labute approximate surface area is 167 Å². The molecule has 0 saturated carbocycles. The number of fused-ring (bicyclic) bond motifs is 1. The molecule has 0 amide bonds. The lowest BCUT2D eigenvalue weighted by atomic mass is 10.2. The van der Waals surface area contributed by atoms with Crippen LogP contribution < -0.4 is 0 Å². The van der Waals surface area contributed by atoms with Crippen molar-refractivity contribution in [1.82, 2.24) is 14.4 Å². The van der Waals surface area contributed by atoms with Crippen LogP contribution in [-0.4, -0.2) is 19.5 Å². The first-order chi connectivity index (χ1) is 13.6. The molecule has 136 valence electrons. The first-order valence-corrected chi connectivity index (χ1v) is 9.08. The molecule has 4 rings (SSSR count). The fourth-order valence-electron chi connectivity index (χ4n) is 2.79. The van der Waals surface area contributed by atoms with E-state index in [2.05, 4.69) is 21.8 Å². The molecule has 0 bridgehead atoms. The van der Waals surface area contributed by atoms with E-state index in [0.717, 1.165) is 11.1 Å². The van der Waals surface area contributed by atoms with Crippen LogP contribution in [0.2, 0.25) is 0 Å². The standard InChI is InChI=1S/C23H16ClN3O/c1-16-23(28)27-15-19(13-12-17-8-4-2-5-9-17)26-21(22(27)25-16)14-20(24)18-10-6-3-7-11-18/h2-11,14-15,28H,1H3/b20-14-. The van der Waals surface area contributed by atoms with Gasteiger partial charge in [0.15, 0.2) is 5.65 Å². The lowest BCUT2D eigenvalue weighted by Crippen LogP contribution is -1.96. The number of hydrogen-bond acceptors (Lipinski definition) is 3. The van der Waals surface area contributed by atoms with Crippen LogP contribution in [0.5, 0.6) is 5.88 Å². The van der Waals surface area contributed by atoms with Crippen molar-refractivity contribution in [3.05, 3.63) is 95.1 Å². The Morgan fingerprint density at radius 3 is 2.39 bits per heavy atom. The molecule has 2 aromatic carbocycles. The van der Waals surface area contributed by atoms with Gasteiger partial charge in [-0.25, -0.2) is 9.97 Å². The zero-order valence-corrected chi connectivity index (χ0v) is 15.9. The molecule has 1 N–H and O–H groups in total. The summed E-state index contributed by atoms with van der Waals surface area (Å²) in [7, 11) is 0. The number of imidazole rings is 1. The maximum atomic E-state index is 10.4. The van der Waals surface area contributed by atoms with Crippen LogP contribution >= 0.6 is 11.6 Å². The number of rotatable bonds is 2. The molecule has 0 aliphatic rings. The van der Waals surface area contributed by atoms with Crippen molar-refractivity contribution in [3.63, 3.8) is 0 Å². The molecule has 28 heavy (non-hydrogen) atoms. The molecule has 0 saturated heterocycles. The monoisotopic (exact) mass is 385 g/mol. The van der Waals surface area contributed by atoms with Crippen molar-refractivity contribution in [2.24, 2.45) is 0 Å². The van der Waals surface area contributed by atoms with Gasteiger partial charge in [0.2, 0.25) is 5.88 Å². The first kappa shape index (κ1) is 17.8. The van der Waals surface area contributed by atoms with Crippen LogP contribution in [-0.2, 0) is 0 Å². The smallest absolute Gasteiger partial charge is 0.219 e. The van der Waals surface area contributed by atoms with Gasteiger partial charge in [-0.15, -0.1) is 0 Å². The minimum Gasteiger partial charge on any atom is -0.493 e. The molecule has 4 nitrogen and oxygen atoms in total. The summed E-state index contributed by atoms with van der Waals surface area (Å²) in [5.74, 6) is 6.19. The van der Waals surface area contributed by atoms with Gasteiger partial charge in [-0.2, -0.15) is 0 Å². The molecule has 5 heteroatoms. The highest BCUT2D eigenvalue weighted by molar-refractivity contribution is 6.51. The van der Waals surface area contributed by atoms with Gasteiger partial charge in [0, 0.05) is 11.8 Å². The molecule has 4 aromatic rings. The number of nitrogens with zero attached hydrogens (tertiary/aromatic N) is 3. The summed E-state index contributed by atoms with van der Waals surface area (Å²) < 4.78 is 1.58. The summed E-state index contributed by atoms with van der Waals surface area (Å²) in [6.45, 7) is 1.74. The number of hydrogen-bond donors (Lipinski definition) is 1. The number of aromatic hydroxyl groups is 1. The van der Waals surface area contributed by atoms with E-state index in [1.807, 2.05) is 60.7 Å². The summed E-state index contributed by atoms with van der Waals surface area (Å²) >= 11 is 6.50. The predicted octanol–water partition coefficient (Wildman–Crippen LogP) is 4.88. The Bertz CT molecular complexity index is 1230. The van der Waals surface area contributed by atoms with Gasteiger partial charge >= 0.3 is 0 Å². The second kappa shape index (κ2) is 7.59. The summed E-state index contributed by atoms with van der Waals surface area (Å²) in [5.41, 5.74) is 3.84. The predicted molar refractivity (Wildman–Crippen MR) is 112 cm³/mol. The highest BCUT2D eigenvalue weighted by atomic mass is 35.5. The van der Waals surface area contributed by atoms with Crippen LogP contribution in [0.25, 0.3) is 16.8 Å². The van der Waals surface area contributed by atoms with Gasteiger partial charge in [-0.3, -0.25) is 4.40 Å². The molecule has 0 radical (unpaired) electrons. The molecule has 2 heterocycles. The summed E-state index contributed by atoms with van der Waals surface area (Å²) in [5, 5.41) is 10.9. The minimum atomic E-state index is 0.0608. The van der Waals surface area contributed by atoms with E-state index in [1.165, 1.54) is 0 Å². The fraction of sp³-hybridized carbons (Fsp3) is 0.0435. The van der Waals surface area contributed by atoms with Crippen LogP contribution in [0.1, 0.15) is 28.2 Å². The van der Waals surface area contributed by atoms with E-state index >= 15 is 0 Å². The minimum absolute atomic E-state index is 0.0608. The highest BCUT2D eigenvalue weighted by Gasteiger charge is 2.13. The maximum Gasteiger partial charge on any atom is 0.219 e. The van der Waals surface area contributed by atoms with E-state index in [0.29, 0.717) is 27.8 Å². The second-order valence-electron chi connectivity index (χ2n) is 6.20. The van der Waals surface area contributed by atoms with Crippen molar-refractivity contribution in [1.29, 1.82) is 0 Å². The van der Waals surface area contributed by atoms with E-state index in [4.69, 9.17) is 11.6 Å². The van der Waals surface area contributed by atoms with Gasteiger partial charge in [0.25, 0.3) is 0 Å². The van der Waals surface area contributed by atoms with Crippen LogP contribution in [0.15, 0.2) is 66.9 Å².